The van der Waals surface area contributed by atoms with Gasteiger partial charge >= 0.3 is 0 Å². The standard InChI is InChI=1S/C16H20ClN3/c17-13-9-11(10-18)6-7-16(13)20-15-4-1-3-12(15)14-5-2-8-19-14/h6-7,9,12,14-15,19-20H,1-5,8H2. The van der Waals surface area contributed by atoms with E-state index in [1.165, 1.54) is 32.1 Å². The molecule has 0 amide bonds. The van der Waals surface area contributed by atoms with Crippen LogP contribution in [0.15, 0.2) is 18.2 Å². The molecule has 106 valence electrons. The van der Waals surface area contributed by atoms with Crippen LogP contribution < -0.4 is 10.6 Å². The van der Waals surface area contributed by atoms with Crippen LogP contribution >= 0.6 is 11.6 Å². The quantitative estimate of drug-likeness (QED) is 0.895. The molecule has 1 aromatic carbocycles. The second kappa shape index (κ2) is 6.03. The fourth-order valence-corrected chi connectivity index (χ4v) is 3.86. The highest BCUT2D eigenvalue weighted by molar-refractivity contribution is 6.33. The van der Waals surface area contributed by atoms with Gasteiger partial charge in [-0.2, -0.15) is 5.26 Å². The minimum absolute atomic E-state index is 0.496. The molecule has 1 aliphatic heterocycles. The third kappa shape index (κ3) is 2.77. The van der Waals surface area contributed by atoms with Crippen LogP contribution in [0, 0.1) is 17.2 Å². The first-order chi connectivity index (χ1) is 9.78. The monoisotopic (exact) mass is 289 g/mol. The van der Waals surface area contributed by atoms with Gasteiger partial charge in [0.05, 0.1) is 22.3 Å². The summed E-state index contributed by atoms with van der Waals surface area (Å²) in [6.07, 6.45) is 6.38. The van der Waals surface area contributed by atoms with E-state index in [4.69, 9.17) is 16.9 Å². The van der Waals surface area contributed by atoms with Crippen molar-refractivity contribution >= 4 is 17.3 Å². The summed E-state index contributed by atoms with van der Waals surface area (Å²) in [6.45, 7) is 1.16. The maximum Gasteiger partial charge on any atom is 0.0992 e. The molecule has 3 atom stereocenters. The number of nitrogens with zero attached hydrogens (tertiary/aromatic N) is 1. The van der Waals surface area contributed by atoms with Crippen molar-refractivity contribution < 1.29 is 0 Å². The molecule has 20 heavy (non-hydrogen) atoms. The molecule has 0 bridgehead atoms. The average molecular weight is 290 g/mol. The minimum atomic E-state index is 0.496. The lowest BCUT2D eigenvalue weighted by Crippen LogP contribution is -2.38. The van der Waals surface area contributed by atoms with Crippen LogP contribution in [0.3, 0.4) is 0 Å². The molecule has 2 N–H and O–H groups in total. The molecule has 3 rings (SSSR count). The summed E-state index contributed by atoms with van der Waals surface area (Å²) >= 11 is 6.26. The Labute approximate surface area is 125 Å². The van der Waals surface area contributed by atoms with Gasteiger partial charge in [0.25, 0.3) is 0 Å². The molecule has 1 saturated carbocycles. The van der Waals surface area contributed by atoms with Gasteiger partial charge in [0, 0.05) is 12.1 Å². The predicted octanol–water partition coefficient (Wildman–Crippen LogP) is 3.54. The van der Waals surface area contributed by atoms with Crippen LogP contribution in [-0.2, 0) is 0 Å². The van der Waals surface area contributed by atoms with Crippen molar-refractivity contribution in [2.24, 2.45) is 5.92 Å². The average Bonchev–Trinajstić information content (AvgIpc) is 3.11. The maximum atomic E-state index is 8.89. The lowest BCUT2D eigenvalue weighted by molar-refractivity contribution is 0.376. The van der Waals surface area contributed by atoms with Crippen LogP contribution in [0.1, 0.15) is 37.7 Å². The van der Waals surface area contributed by atoms with Gasteiger partial charge in [-0.05, 0) is 56.3 Å². The molecular formula is C16H20ClN3. The first-order valence-electron chi connectivity index (χ1n) is 7.47. The van der Waals surface area contributed by atoms with E-state index < -0.39 is 0 Å². The molecular weight excluding hydrogens is 270 g/mol. The number of nitriles is 1. The first kappa shape index (κ1) is 13.7. The second-order valence-electron chi connectivity index (χ2n) is 5.85. The Balaban J connectivity index is 1.71. The van der Waals surface area contributed by atoms with Crippen LogP contribution in [0.5, 0.6) is 0 Å². The lowest BCUT2D eigenvalue weighted by atomic mass is 9.93. The molecule has 1 heterocycles. The van der Waals surface area contributed by atoms with E-state index in [1.54, 1.807) is 6.07 Å². The second-order valence-corrected chi connectivity index (χ2v) is 6.26. The summed E-state index contributed by atoms with van der Waals surface area (Å²) in [5.41, 5.74) is 1.57. The topological polar surface area (TPSA) is 47.9 Å². The number of halogens is 1. The number of benzene rings is 1. The zero-order valence-corrected chi connectivity index (χ0v) is 12.3. The fourth-order valence-electron chi connectivity index (χ4n) is 3.63. The highest BCUT2D eigenvalue weighted by atomic mass is 35.5. The normalized spacial score (nSPS) is 29.3. The number of nitrogens with one attached hydrogen (secondary N) is 2. The largest absolute Gasteiger partial charge is 0.381 e. The predicted molar refractivity (Wildman–Crippen MR) is 81.9 cm³/mol. The van der Waals surface area contributed by atoms with Gasteiger partial charge in [0.15, 0.2) is 0 Å². The van der Waals surface area contributed by atoms with E-state index in [9.17, 15) is 0 Å². The van der Waals surface area contributed by atoms with E-state index in [1.807, 2.05) is 12.1 Å². The van der Waals surface area contributed by atoms with E-state index in [2.05, 4.69) is 16.7 Å². The molecule has 0 spiro atoms. The van der Waals surface area contributed by atoms with Crippen LogP contribution in [0.2, 0.25) is 5.02 Å². The molecule has 3 unspecified atom stereocenters. The van der Waals surface area contributed by atoms with Crippen molar-refractivity contribution in [3.63, 3.8) is 0 Å². The Morgan fingerprint density at radius 2 is 2.15 bits per heavy atom. The van der Waals surface area contributed by atoms with E-state index in [0.29, 0.717) is 28.6 Å². The van der Waals surface area contributed by atoms with Gasteiger partial charge in [-0.3, -0.25) is 0 Å². The molecule has 3 nitrogen and oxygen atoms in total. The SMILES string of the molecule is N#Cc1ccc(NC2CCCC2C2CCCN2)c(Cl)c1. The van der Waals surface area contributed by atoms with Crippen molar-refractivity contribution in [1.29, 1.82) is 5.26 Å². The number of hydrogen-bond donors (Lipinski definition) is 2. The Hall–Kier alpha value is -1.24. The summed E-state index contributed by atoms with van der Waals surface area (Å²) in [4.78, 5) is 0. The van der Waals surface area contributed by atoms with Gasteiger partial charge in [-0.25, -0.2) is 0 Å². The Morgan fingerprint density at radius 3 is 2.85 bits per heavy atom. The van der Waals surface area contributed by atoms with E-state index in [0.717, 1.165) is 12.2 Å². The van der Waals surface area contributed by atoms with Crippen molar-refractivity contribution in [2.45, 2.75) is 44.2 Å². The summed E-state index contributed by atoms with van der Waals surface area (Å²) in [6, 6.07) is 8.77. The molecule has 0 radical (unpaired) electrons. The summed E-state index contributed by atoms with van der Waals surface area (Å²) in [5.74, 6) is 0.698. The number of hydrogen-bond acceptors (Lipinski definition) is 3. The van der Waals surface area contributed by atoms with Crippen molar-refractivity contribution in [3.05, 3.63) is 28.8 Å². The summed E-state index contributed by atoms with van der Waals surface area (Å²) < 4.78 is 0. The number of rotatable bonds is 3. The molecule has 1 saturated heterocycles. The third-order valence-electron chi connectivity index (χ3n) is 4.62. The first-order valence-corrected chi connectivity index (χ1v) is 7.85. The van der Waals surface area contributed by atoms with Gasteiger partial charge in [0.2, 0.25) is 0 Å². The van der Waals surface area contributed by atoms with E-state index >= 15 is 0 Å². The van der Waals surface area contributed by atoms with Gasteiger partial charge < -0.3 is 10.6 Å². The highest BCUT2D eigenvalue weighted by Gasteiger charge is 2.35. The molecule has 0 aromatic heterocycles. The fraction of sp³-hybridized carbons (Fsp3) is 0.562. The minimum Gasteiger partial charge on any atom is -0.381 e. The third-order valence-corrected chi connectivity index (χ3v) is 4.94. The maximum absolute atomic E-state index is 8.89. The smallest absolute Gasteiger partial charge is 0.0992 e. The molecule has 4 heteroatoms. The van der Waals surface area contributed by atoms with Gasteiger partial charge in [-0.15, -0.1) is 0 Å². The van der Waals surface area contributed by atoms with Crippen molar-refractivity contribution in [3.8, 4) is 6.07 Å². The van der Waals surface area contributed by atoms with Crippen LogP contribution in [0.25, 0.3) is 0 Å². The molecule has 2 aliphatic rings. The number of anilines is 1. The zero-order chi connectivity index (χ0) is 13.9. The molecule has 1 aromatic rings. The zero-order valence-electron chi connectivity index (χ0n) is 11.5. The van der Waals surface area contributed by atoms with Crippen LogP contribution in [0.4, 0.5) is 5.69 Å². The molecule has 1 aliphatic carbocycles. The Bertz CT molecular complexity index is 517. The van der Waals surface area contributed by atoms with E-state index in [-0.39, 0.29) is 0 Å². The summed E-state index contributed by atoms with van der Waals surface area (Å²) in [7, 11) is 0. The van der Waals surface area contributed by atoms with Gasteiger partial charge in [0.1, 0.15) is 0 Å². The van der Waals surface area contributed by atoms with Crippen molar-refractivity contribution in [2.75, 3.05) is 11.9 Å². The van der Waals surface area contributed by atoms with Gasteiger partial charge in [-0.1, -0.05) is 18.0 Å². The summed E-state index contributed by atoms with van der Waals surface area (Å²) in [5, 5.41) is 16.8. The van der Waals surface area contributed by atoms with Crippen LogP contribution in [-0.4, -0.2) is 18.6 Å². The van der Waals surface area contributed by atoms with Crippen molar-refractivity contribution in [1.82, 2.24) is 5.32 Å². The highest BCUT2D eigenvalue weighted by Crippen LogP contribution is 2.35. The lowest BCUT2D eigenvalue weighted by Gasteiger charge is -2.27. The Morgan fingerprint density at radius 1 is 1.25 bits per heavy atom. The Kier molecular flexibility index (Phi) is 4.14. The molecule has 2 fully saturated rings.